The minimum atomic E-state index is -0.662. The lowest BCUT2D eigenvalue weighted by molar-refractivity contribution is -0.137. The Hall–Kier alpha value is -1.38. The second kappa shape index (κ2) is 7.26. The molecule has 1 aromatic heterocycles. The quantitative estimate of drug-likeness (QED) is 0.712. The van der Waals surface area contributed by atoms with Crippen molar-refractivity contribution in [2.75, 3.05) is 0 Å². The lowest BCUT2D eigenvalue weighted by Gasteiger charge is -2.31. The number of rotatable bonds is 8. The molecular formula is C19H27NO2. The molecule has 3 nitrogen and oxygen atoms in total. The summed E-state index contributed by atoms with van der Waals surface area (Å²) in [6.07, 6.45) is 14.2. The van der Waals surface area contributed by atoms with Crippen LogP contribution in [0.25, 0.3) is 0 Å². The second-order valence-corrected chi connectivity index (χ2v) is 7.16. The SMILES string of the molecule is O=C(O)CCCCCC[C@@H]1C2CCC(C2)[C@@H]1c1cccnc1. The van der Waals surface area contributed by atoms with Gasteiger partial charge in [-0.1, -0.05) is 25.3 Å². The molecule has 1 heterocycles. The molecule has 1 N–H and O–H groups in total. The molecule has 0 saturated heterocycles. The molecule has 0 spiro atoms. The summed E-state index contributed by atoms with van der Waals surface area (Å²) >= 11 is 0. The van der Waals surface area contributed by atoms with Gasteiger partial charge in [-0.3, -0.25) is 9.78 Å². The third-order valence-electron chi connectivity index (χ3n) is 5.84. The summed E-state index contributed by atoms with van der Waals surface area (Å²) in [5.74, 6) is 2.71. The Kier molecular flexibility index (Phi) is 5.12. The average Bonchev–Trinajstić information content (AvgIpc) is 3.12. The van der Waals surface area contributed by atoms with Gasteiger partial charge in [0.25, 0.3) is 0 Å². The summed E-state index contributed by atoms with van der Waals surface area (Å²) in [7, 11) is 0. The maximum absolute atomic E-state index is 10.5. The number of carboxylic acids is 1. The van der Waals surface area contributed by atoms with E-state index in [1.165, 1.54) is 44.1 Å². The van der Waals surface area contributed by atoms with Crippen LogP contribution in [0.1, 0.15) is 69.3 Å². The second-order valence-electron chi connectivity index (χ2n) is 7.16. The average molecular weight is 301 g/mol. The molecule has 3 heteroatoms. The normalized spacial score (nSPS) is 29.8. The van der Waals surface area contributed by atoms with E-state index in [0.29, 0.717) is 6.42 Å². The number of unbranched alkanes of at least 4 members (excludes halogenated alkanes) is 3. The third kappa shape index (κ3) is 3.50. The highest BCUT2D eigenvalue weighted by molar-refractivity contribution is 5.66. The fraction of sp³-hybridized carbons (Fsp3) is 0.684. The van der Waals surface area contributed by atoms with Crippen LogP contribution >= 0.6 is 0 Å². The molecule has 4 atom stereocenters. The van der Waals surface area contributed by atoms with Crippen molar-refractivity contribution < 1.29 is 9.90 Å². The van der Waals surface area contributed by atoms with Crippen LogP contribution in [0.2, 0.25) is 0 Å². The summed E-state index contributed by atoms with van der Waals surface area (Å²) in [4.78, 5) is 14.9. The topological polar surface area (TPSA) is 50.2 Å². The first-order chi connectivity index (χ1) is 10.8. The van der Waals surface area contributed by atoms with Crippen LogP contribution in [0, 0.1) is 17.8 Å². The number of carboxylic acid groups (broad SMARTS) is 1. The first-order valence-electron chi connectivity index (χ1n) is 8.87. The molecule has 2 aliphatic rings. The molecule has 2 unspecified atom stereocenters. The molecule has 2 saturated carbocycles. The zero-order valence-electron chi connectivity index (χ0n) is 13.3. The van der Waals surface area contributed by atoms with E-state index in [1.54, 1.807) is 0 Å². The fourth-order valence-electron chi connectivity index (χ4n) is 4.93. The van der Waals surface area contributed by atoms with Crippen molar-refractivity contribution in [1.29, 1.82) is 0 Å². The molecular weight excluding hydrogens is 274 g/mol. The molecule has 1 aromatic rings. The van der Waals surface area contributed by atoms with Crippen LogP contribution in [-0.4, -0.2) is 16.1 Å². The van der Waals surface area contributed by atoms with Gasteiger partial charge in [-0.2, -0.15) is 0 Å². The predicted octanol–water partition coefficient (Wildman–Crippen LogP) is 4.64. The molecule has 22 heavy (non-hydrogen) atoms. The van der Waals surface area contributed by atoms with Gasteiger partial charge in [-0.15, -0.1) is 0 Å². The van der Waals surface area contributed by atoms with E-state index in [1.807, 2.05) is 6.20 Å². The van der Waals surface area contributed by atoms with Crippen molar-refractivity contribution in [3.63, 3.8) is 0 Å². The number of aliphatic carboxylic acids is 1. The fourth-order valence-corrected chi connectivity index (χ4v) is 4.93. The molecule has 0 radical (unpaired) electrons. The van der Waals surface area contributed by atoms with E-state index in [4.69, 9.17) is 5.11 Å². The molecule has 2 aliphatic carbocycles. The maximum atomic E-state index is 10.5. The van der Waals surface area contributed by atoms with Gasteiger partial charge >= 0.3 is 5.97 Å². The Morgan fingerprint density at radius 2 is 2.00 bits per heavy atom. The van der Waals surface area contributed by atoms with E-state index in [9.17, 15) is 4.79 Å². The van der Waals surface area contributed by atoms with Crippen LogP contribution in [-0.2, 0) is 4.79 Å². The van der Waals surface area contributed by atoms with Crippen molar-refractivity contribution in [2.24, 2.45) is 17.8 Å². The summed E-state index contributed by atoms with van der Waals surface area (Å²) in [5, 5.41) is 8.67. The highest BCUT2D eigenvalue weighted by Crippen LogP contribution is 2.58. The van der Waals surface area contributed by atoms with Crippen LogP contribution in [0.3, 0.4) is 0 Å². The summed E-state index contributed by atoms with van der Waals surface area (Å²) in [6, 6.07) is 4.34. The molecule has 0 aliphatic heterocycles. The van der Waals surface area contributed by atoms with Gasteiger partial charge in [0, 0.05) is 18.8 Å². The Morgan fingerprint density at radius 3 is 2.77 bits per heavy atom. The number of nitrogens with zero attached hydrogens (tertiary/aromatic N) is 1. The zero-order chi connectivity index (χ0) is 15.4. The van der Waals surface area contributed by atoms with Crippen molar-refractivity contribution in [3.05, 3.63) is 30.1 Å². The van der Waals surface area contributed by atoms with Crippen molar-refractivity contribution in [1.82, 2.24) is 4.98 Å². The van der Waals surface area contributed by atoms with E-state index in [2.05, 4.69) is 23.3 Å². The Balaban J connectivity index is 1.50. The van der Waals surface area contributed by atoms with Gasteiger partial charge in [-0.25, -0.2) is 0 Å². The highest BCUT2D eigenvalue weighted by atomic mass is 16.4. The minimum Gasteiger partial charge on any atom is -0.481 e. The molecule has 0 aromatic carbocycles. The summed E-state index contributed by atoms with van der Waals surface area (Å²) < 4.78 is 0. The van der Waals surface area contributed by atoms with Crippen molar-refractivity contribution in [2.45, 2.75) is 63.7 Å². The Labute approximate surface area is 133 Å². The molecule has 2 bridgehead atoms. The maximum Gasteiger partial charge on any atom is 0.303 e. The largest absolute Gasteiger partial charge is 0.481 e. The van der Waals surface area contributed by atoms with E-state index in [0.717, 1.165) is 36.5 Å². The van der Waals surface area contributed by atoms with Crippen molar-refractivity contribution >= 4 is 5.97 Å². The van der Waals surface area contributed by atoms with Gasteiger partial charge in [-0.05, 0) is 67.4 Å². The number of carbonyl (C=O) groups is 1. The molecule has 120 valence electrons. The van der Waals surface area contributed by atoms with Crippen LogP contribution in [0.5, 0.6) is 0 Å². The van der Waals surface area contributed by atoms with E-state index >= 15 is 0 Å². The Morgan fingerprint density at radius 1 is 1.18 bits per heavy atom. The summed E-state index contributed by atoms with van der Waals surface area (Å²) in [5.41, 5.74) is 1.45. The van der Waals surface area contributed by atoms with Crippen LogP contribution in [0.4, 0.5) is 0 Å². The Bertz CT molecular complexity index is 487. The first kappa shape index (κ1) is 15.5. The van der Waals surface area contributed by atoms with Gasteiger partial charge in [0.2, 0.25) is 0 Å². The van der Waals surface area contributed by atoms with Gasteiger partial charge in [0.15, 0.2) is 0 Å². The molecule has 3 rings (SSSR count). The number of aromatic nitrogens is 1. The highest BCUT2D eigenvalue weighted by Gasteiger charge is 2.47. The van der Waals surface area contributed by atoms with Crippen molar-refractivity contribution in [3.8, 4) is 0 Å². The lowest BCUT2D eigenvalue weighted by atomic mass is 9.74. The zero-order valence-corrected chi connectivity index (χ0v) is 13.3. The first-order valence-corrected chi connectivity index (χ1v) is 8.87. The van der Waals surface area contributed by atoms with Gasteiger partial charge < -0.3 is 5.11 Å². The standard InChI is InChI=1S/C19H27NO2/c21-18(22)8-4-2-1-3-7-17-14-9-10-15(12-14)19(17)16-6-5-11-20-13-16/h5-6,11,13-15,17,19H,1-4,7-10,12H2,(H,21,22)/t14?,15?,17-,19-/m1/s1. The third-order valence-corrected chi connectivity index (χ3v) is 5.84. The minimum absolute atomic E-state index is 0.326. The number of hydrogen-bond acceptors (Lipinski definition) is 2. The number of fused-ring (bicyclic) bond motifs is 2. The van der Waals surface area contributed by atoms with Gasteiger partial charge in [0.05, 0.1) is 0 Å². The number of hydrogen-bond donors (Lipinski definition) is 1. The van der Waals surface area contributed by atoms with E-state index < -0.39 is 5.97 Å². The van der Waals surface area contributed by atoms with E-state index in [-0.39, 0.29) is 0 Å². The smallest absolute Gasteiger partial charge is 0.303 e. The molecule has 2 fully saturated rings. The van der Waals surface area contributed by atoms with Crippen LogP contribution in [0.15, 0.2) is 24.5 Å². The monoisotopic (exact) mass is 301 g/mol. The molecule has 0 amide bonds. The number of pyridine rings is 1. The lowest BCUT2D eigenvalue weighted by Crippen LogP contribution is -2.20. The van der Waals surface area contributed by atoms with Crippen LogP contribution < -0.4 is 0 Å². The predicted molar refractivity (Wildman–Crippen MR) is 86.6 cm³/mol. The van der Waals surface area contributed by atoms with Gasteiger partial charge in [0.1, 0.15) is 0 Å². The summed E-state index contributed by atoms with van der Waals surface area (Å²) in [6.45, 7) is 0.